The second-order valence-corrected chi connectivity index (χ2v) is 13.9. The minimum atomic E-state index is -4.54. The number of aromatic nitrogens is 8. The summed E-state index contributed by atoms with van der Waals surface area (Å²) < 4.78 is 86.3. The van der Waals surface area contributed by atoms with E-state index in [0.29, 0.717) is 11.2 Å². The van der Waals surface area contributed by atoms with Crippen molar-refractivity contribution in [3.05, 3.63) is 25.3 Å². The summed E-state index contributed by atoms with van der Waals surface area (Å²) in [5.74, 6) is 0.193. The van der Waals surface area contributed by atoms with Gasteiger partial charge in [-0.05, 0) is 0 Å². The zero-order chi connectivity index (χ0) is 31.3. The first-order valence-corrected chi connectivity index (χ1v) is 16.6. The van der Waals surface area contributed by atoms with Crippen LogP contribution < -0.4 is 11.5 Å². The van der Waals surface area contributed by atoms with Crippen molar-refractivity contribution in [2.45, 2.75) is 48.6 Å². The van der Waals surface area contributed by atoms with Crippen LogP contribution in [0.2, 0.25) is 0 Å². The molecular formula is C21H21B2FN10O9P2. The summed E-state index contributed by atoms with van der Waals surface area (Å²) in [5, 5.41) is 0. The lowest BCUT2D eigenvalue weighted by molar-refractivity contribution is -0.183. The fourth-order valence-electron chi connectivity index (χ4n) is 5.93. The highest BCUT2D eigenvalue weighted by molar-refractivity contribution is 7.79. The Morgan fingerprint density at radius 2 is 1.47 bits per heavy atom. The third-order valence-corrected chi connectivity index (χ3v) is 10.1. The SMILES string of the molecule is [B][P@]1(=O)OC[C@@]23COC([C@H](n4cnc5c(N)ncnc54)O2)[C@H]3O[P@]([B])(=O)OC[C@H]2O[C@@H](n3cnc4c(N)ncnc43)[C@@H](F)C2O1. The molecule has 0 amide bonds. The smallest absolute Gasteiger partial charge is 0.264 e. The summed E-state index contributed by atoms with van der Waals surface area (Å²) in [5.41, 5.74) is 11.2. The third kappa shape index (κ3) is 4.70. The number of halogens is 1. The van der Waals surface area contributed by atoms with E-state index in [1.54, 1.807) is 0 Å². The molecule has 4 saturated heterocycles. The molecular weight excluding hydrogens is 639 g/mol. The molecule has 19 nitrogen and oxygen atoms in total. The van der Waals surface area contributed by atoms with E-state index in [-0.39, 0.29) is 29.4 Å². The maximum absolute atomic E-state index is 16.0. The van der Waals surface area contributed by atoms with Crippen molar-refractivity contribution >= 4 is 64.0 Å². The van der Waals surface area contributed by atoms with Crippen molar-refractivity contribution in [2.75, 3.05) is 31.3 Å². The average Bonchev–Trinajstić information content (AvgIpc) is 3.80. The molecule has 10 atom stereocenters. The Hall–Kier alpha value is -3.06. The van der Waals surface area contributed by atoms with Crippen molar-refractivity contribution < 1.29 is 45.8 Å². The second kappa shape index (κ2) is 10.2. The molecule has 45 heavy (non-hydrogen) atoms. The summed E-state index contributed by atoms with van der Waals surface area (Å²) in [6, 6.07) is 0. The molecule has 4 aromatic rings. The standard InChI is InChI=1S/C21H21B2FN10O9P2/c22-44(35)38-1-8-12(9(24)19(40-8)33-6-31-10-15(25)27-4-29-17(10)33)42-45(23,36)39-3-21-2-37-13(14(21)43-44)20(41-21)34-7-32-11-16(26)28-5-30-18(11)34/h4-9,12-14,19-20H,1-3H2,(H2,25,27,29)(H2,26,28,30)/t8-,9+,12?,13?,14-,19-,20-,21-,44-,45+/m1/s1. The molecule has 8 rings (SSSR count). The van der Waals surface area contributed by atoms with Gasteiger partial charge in [-0.1, -0.05) is 0 Å². The van der Waals surface area contributed by atoms with Gasteiger partial charge in [-0.15, -0.1) is 0 Å². The summed E-state index contributed by atoms with van der Waals surface area (Å²) in [6.45, 7) is -1.37. The summed E-state index contributed by atoms with van der Waals surface area (Å²) in [4.78, 5) is 24.5. The lowest BCUT2D eigenvalue weighted by Gasteiger charge is -2.34. The van der Waals surface area contributed by atoms with Crippen molar-refractivity contribution in [3.8, 4) is 0 Å². The van der Waals surface area contributed by atoms with Gasteiger partial charge in [0.1, 0.15) is 53.7 Å². The van der Waals surface area contributed by atoms with Gasteiger partial charge in [0.05, 0.1) is 32.5 Å². The number of rotatable bonds is 2. The van der Waals surface area contributed by atoms with Crippen LogP contribution in [0.25, 0.3) is 22.3 Å². The molecule has 8 heterocycles. The second-order valence-electron chi connectivity index (χ2n) is 10.8. The van der Waals surface area contributed by atoms with Crippen LogP contribution in [-0.4, -0.2) is 110 Å². The van der Waals surface area contributed by atoms with Crippen LogP contribution in [-0.2, 0) is 41.4 Å². The molecule has 2 unspecified atom stereocenters. The van der Waals surface area contributed by atoms with Crippen LogP contribution >= 0.6 is 14.9 Å². The number of imidazole rings is 2. The molecule has 4 N–H and O–H groups in total. The number of hydrogen-bond donors (Lipinski definition) is 2. The number of nitrogens with zero attached hydrogens (tertiary/aromatic N) is 8. The predicted molar refractivity (Wildman–Crippen MR) is 149 cm³/mol. The van der Waals surface area contributed by atoms with Crippen LogP contribution in [0.4, 0.5) is 16.0 Å². The predicted octanol–water partition coefficient (Wildman–Crippen LogP) is 0.103. The molecule has 0 spiro atoms. The molecule has 232 valence electrons. The molecule has 0 aromatic carbocycles. The van der Waals surface area contributed by atoms with Crippen molar-refractivity contribution in [1.82, 2.24) is 39.0 Å². The fraction of sp³-hybridized carbons (Fsp3) is 0.524. The maximum Gasteiger partial charge on any atom is 0.264 e. The number of ether oxygens (including phenoxy) is 3. The lowest BCUT2D eigenvalue weighted by Crippen LogP contribution is -2.46. The van der Waals surface area contributed by atoms with Crippen LogP contribution in [0.5, 0.6) is 0 Å². The van der Waals surface area contributed by atoms with Gasteiger partial charge >= 0.3 is 0 Å². The highest BCUT2D eigenvalue weighted by Crippen LogP contribution is 2.58. The molecule has 0 aliphatic carbocycles. The first-order valence-electron chi connectivity index (χ1n) is 13.3. The van der Waals surface area contributed by atoms with Crippen molar-refractivity contribution in [3.63, 3.8) is 0 Å². The van der Waals surface area contributed by atoms with Crippen molar-refractivity contribution in [1.29, 1.82) is 0 Å². The highest BCUT2D eigenvalue weighted by atomic mass is 31.2. The number of nitrogen functional groups attached to an aromatic ring is 2. The minimum absolute atomic E-state index is 0.0607. The molecule has 2 bridgehead atoms. The van der Waals surface area contributed by atoms with Gasteiger partial charge in [0, 0.05) is 0 Å². The van der Waals surface area contributed by atoms with Gasteiger partial charge in [-0.25, -0.2) is 34.3 Å². The van der Waals surface area contributed by atoms with Gasteiger partial charge in [-0.2, -0.15) is 0 Å². The summed E-state index contributed by atoms with van der Waals surface area (Å²) in [7, 11) is 3.00. The number of nitrogens with two attached hydrogens (primary N) is 2. The first kappa shape index (κ1) is 29.3. The molecule has 4 fully saturated rings. The highest BCUT2D eigenvalue weighted by Gasteiger charge is 2.65. The third-order valence-electron chi connectivity index (χ3n) is 8.00. The summed E-state index contributed by atoms with van der Waals surface area (Å²) in [6.07, 6.45) is -4.53. The van der Waals surface area contributed by atoms with Gasteiger partial charge in [0.2, 0.25) is 15.1 Å². The Bertz CT molecular complexity index is 1920. The molecule has 24 heteroatoms. The van der Waals surface area contributed by atoms with Crippen LogP contribution in [0.15, 0.2) is 25.3 Å². The monoisotopic (exact) mass is 660 g/mol. The fourth-order valence-corrected chi connectivity index (χ4v) is 8.03. The first-order chi connectivity index (χ1) is 21.5. The van der Waals surface area contributed by atoms with E-state index in [2.05, 4.69) is 29.9 Å². The Kier molecular flexibility index (Phi) is 6.67. The van der Waals surface area contributed by atoms with Crippen molar-refractivity contribution in [2.24, 2.45) is 0 Å². The van der Waals surface area contributed by atoms with E-state index in [4.69, 9.17) is 58.9 Å². The molecule has 0 saturated carbocycles. The lowest BCUT2D eigenvalue weighted by atomic mass is 10.0. The van der Waals surface area contributed by atoms with E-state index in [1.807, 2.05) is 0 Å². The number of anilines is 2. The number of alkyl halides is 1. The molecule has 4 aromatic heterocycles. The number of hydrogen-bond acceptors (Lipinski definition) is 17. The Morgan fingerprint density at radius 1 is 0.844 bits per heavy atom. The van der Waals surface area contributed by atoms with Crippen LogP contribution in [0.1, 0.15) is 12.5 Å². The van der Waals surface area contributed by atoms with Crippen LogP contribution in [0.3, 0.4) is 0 Å². The largest absolute Gasteiger partial charge is 0.382 e. The van der Waals surface area contributed by atoms with Gasteiger partial charge in [-0.3, -0.25) is 18.3 Å². The van der Waals surface area contributed by atoms with Gasteiger partial charge in [0.25, 0.3) is 14.9 Å². The molecule has 4 radical (unpaired) electrons. The van der Waals surface area contributed by atoms with Crippen LogP contribution in [0, 0.1) is 0 Å². The normalized spacial score (nSPS) is 40.2. The average molecular weight is 660 g/mol. The van der Waals surface area contributed by atoms with Gasteiger partial charge in [0.15, 0.2) is 41.6 Å². The maximum atomic E-state index is 16.0. The van der Waals surface area contributed by atoms with E-state index >= 15 is 4.39 Å². The Morgan fingerprint density at radius 3 is 2.13 bits per heavy atom. The Balaban J connectivity index is 1.10. The van der Waals surface area contributed by atoms with Gasteiger partial charge < -0.3 is 43.8 Å². The Labute approximate surface area is 254 Å². The molecule has 4 aliphatic heterocycles. The van der Waals surface area contributed by atoms with E-state index in [1.165, 1.54) is 34.4 Å². The minimum Gasteiger partial charge on any atom is -0.382 e. The molecule has 4 aliphatic rings. The quantitative estimate of drug-likeness (QED) is 0.214. The van der Waals surface area contributed by atoms with E-state index < -0.39 is 76.8 Å². The van der Waals surface area contributed by atoms with E-state index in [9.17, 15) is 9.13 Å². The number of fused-ring (bicyclic) bond motifs is 3. The topological polar surface area (TPSA) is 238 Å². The van der Waals surface area contributed by atoms with E-state index in [0.717, 1.165) is 0 Å². The zero-order valence-corrected chi connectivity index (χ0v) is 24.6. The zero-order valence-electron chi connectivity index (χ0n) is 22.8. The summed E-state index contributed by atoms with van der Waals surface area (Å²) >= 11 is 0.